The van der Waals surface area contributed by atoms with E-state index in [-0.39, 0.29) is 29.4 Å². The minimum atomic E-state index is -0.288. The topological polar surface area (TPSA) is 98.4 Å². The highest BCUT2D eigenvalue weighted by Gasteiger charge is 2.27. The number of hydrogen-bond donors (Lipinski definition) is 1. The van der Waals surface area contributed by atoms with Crippen molar-refractivity contribution in [2.24, 2.45) is 5.92 Å². The summed E-state index contributed by atoms with van der Waals surface area (Å²) in [6, 6.07) is 13.6. The molecule has 1 aliphatic rings. The number of aromatic nitrogens is 2. The molecule has 0 spiro atoms. The molecule has 1 aliphatic heterocycles. The van der Waals surface area contributed by atoms with E-state index in [2.05, 4.69) is 9.97 Å². The number of carbonyl (C=O) groups excluding carboxylic acids is 2. The second-order valence-electron chi connectivity index (χ2n) is 7.57. The number of nitrogen functional groups attached to an aromatic ring is 1. The fourth-order valence-corrected chi connectivity index (χ4v) is 3.83. The van der Waals surface area contributed by atoms with Crippen molar-refractivity contribution >= 4 is 28.7 Å². The fraction of sp³-hybridized carbons (Fsp3) is 0.304. The molecule has 2 heterocycles. The van der Waals surface area contributed by atoms with E-state index in [0.29, 0.717) is 37.0 Å². The standard InChI is InChI=1S/C23H24N4O3/c1-3-30-22(29)14(2)10-15-8-9-19-18(11-15)20(26-23(24)25-19)21(28)27-12-16-6-4-5-7-17(16)13-27/h4-9,11,14H,3,10,12-13H2,1-2H3,(H2,24,25,26). The summed E-state index contributed by atoms with van der Waals surface area (Å²) in [5.74, 6) is -0.641. The van der Waals surface area contributed by atoms with Crippen LogP contribution in [0.4, 0.5) is 5.95 Å². The number of hydrogen-bond acceptors (Lipinski definition) is 6. The summed E-state index contributed by atoms with van der Waals surface area (Å²) in [7, 11) is 0. The second-order valence-corrected chi connectivity index (χ2v) is 7.57. The molecule has 3 aromatic rings. The second kappa shape index (κ2) is 8.10. The zero-order valence-corrected chi connectivity index (χ0v) is 17.1. The van der Waals surface area contributed by atoms with Crippen LogP contribution in [0.5, 0.6) is 0 Å². The largest absolute Gasteiger partial charge is 0.466 e. The Morgan fingerprint density at radius 3 is 2.50 bits per heavy atom. The van der Waals surface area contributed by atoms with Crippen molar-refractivity contribution in [2.75, 3.05) is 12.3 Å². The number of amides is 1. The summed E-state index contributed by atoms with van der Waals surface area (Å²) in [6.45, 7) is 5.05. The molecule has 7 heteroatoms. The summed E-state index contributed by atoms with van der Waals surface area (Å²) in [5.41, 5.74) is 9.97. The molecule has 0 saturated carbocycles. The lowest BCUT2D eigenvalue weighted by Gasteiger charge is -2.17. The SMILES string of the molecule is CCOC(=O)C(C)Cc1ccc2nc(N)nc(C(=O)N3Cc4ccccc4C3)c2c1. The molecule has 0 saturated heterocycles. The first-order chi connectivity index (χ1) is 14.5. The van der Waals surface area contributed by atoms with Crippen molar-refractivity contribution in [3.63, 3.8) is 0 Å². The van der Waals surface area contributed by atoms with Crippen molar-refractivity contribution in [3.05, 3.63) is 64.8 Å². The number of ether oxygens (including phenoxy) is 1. The van der Waals surface area contributed by atoms with E-state index in [1.807, 2.05) is 49.4 Å². The molecule has 0 fully saturated rings. The van der Waals surface area contributed by atoms with Gasteiger partial charge in [0.2, 0.25) is 5.95 Å². The minimum absolute atomic E-state index is 0.0650. The van der Waals surface area contributed by atoms with Gasteiger partial charge in [0.25, 0.3) is 5.91 Å². The van der Waals surface area contributed by atoms with Gasteiger partial charge in [-0.15, -0.1) is 0 Å². The van der Waals surface area contributed by atoms with Crippen molar-refractivity contribution in [1.82, 2.24) is 14.9 Å². The molecule has 0 radical (unpaired) electrons. The average Bonchev–Trinajstić information content (AvgIpc) is 3.17. The summed E-state index contributed by atoms with van der Waals surface area (Å²) >= 11 is 0. The third-order valence-electron chi connectivity index (χ3n) is 5.34. The lowest BCUT2D eigenvalue weighted by molar-refractivity contribution is -0.147. The van der Waals surface area contributed by atoms with E-state index >= 15 is 0 Å². The third kappa shape index (κ3) is 3.83. The van der Waals surface area contributed by atoms with Crippen LogP contribution in [0.2, 0.25) is 0 Å². The molecule has 7 nitrogen and oxygen atoms in total. The molecule has 4 rings (SSSR count). The fourth-order valence-electron chi connectivity index (χ4n) is 3.83. The first kappa shape index (κ1) is 19.8. The Bertz CT molecular complexity index is 1100. The summed E-state index contributed by atoms with van der Waals surface area (Å²) in [6.07, 6.45) is 0.502. The lowest BCUT2D eigenvalue weighted by Crippen LogP contribution is -2.27. The maximum absolute atomic E-state index is 13.3. The highest BCUT2D eigenvalue weighted by molar-refractivity contribution is 6.05. The number of rotatable bonds is 5. The van der Waals surface area contributed by atoms with Gasteiger partial charge in [-0.25, -0.2) is 9.97 Å². The van der Waals surface area contributed by atoms with Crippen LogP contribution in [-0.2, 0) is 29.0 Å². The molecule has 0 bridgehead atoms. The van der Waals surface area contributed by atoms with E-state index in [9.17, 15) is 9.59 Å². The summed E-state index contributed by atoms with van der Waals surface area (Å²) < 4.78 is 5.10. The van der Waals surface area contributed by atoms with Crippen LogP contribution in [0.3, 0.4) is 0 Å². The number of benzene rings is 2. The van der Waals surface area contributed by atoms with Crippen molar-refractivity contribution in [3.8, 4) is 0 Å². The Hall–Kier alpha value is -3.48. The van der Waals surface area contributed by atoms with E-state index in [1.165, 1.54) is 0 Å². The Morgan fingerprint density at radius 1 is 1.13 bits per heavy atom. The molecule has 154 valence electrons. The lowest BCUT2D eigenvalue weighted by atomic mass is 9.99. The highest BCUT2D eigenvalue weighted by atomic mass is 16.5. The van der Waals surface area contributed by atoms with Gasteiger partial charge in [-0.3, -0.25) is 9.59 Å². The van der Waals surface area contributed by atoms with Gasteiger partial charge in [0.15, 0.2) is 0 Å². The predicted octanol–water partition coefficient (Wildman–Crippen LogP) is 3.11. The van der Waals surface area contributed by atoms with Gasteiger partial charge in [-0.05, 0) is 42.2 Å². The molecule has 1 amide bonds. The Morgan fingerprint density at radius 2 is 1.83 bits per heavy atom. The number of anilines is 1. The number of esters is 1. The average molecular weight is 404 g/mol. The molecule has 2 N–H and O–H groups in total. The Balaban J connectivity index is 1.65. The zero-order chi connectivity index (χ0) is 21.3. The van der Waals surface area contributed by atoms with Crippen LogP contribution in [0.15, 0.2) is 42.5 Å². The van der Waals surface area contributed by atoms with Crippen LogP contribution in [-0.4, -0.2) is 33.4 Å². The first-order valence-electron chi connectivity index (χ1n) is 10.0. The highest BCUT2D eigenvalue weighted by Crippen LogP contribution is 2.27. The minimum Gasteiger partial charge on any atom is -0.466 e. The molecule has 1 atom stereocenters. The molecular weight excluding hydrogens is 380 g/mol. The zero-order valence-electron chi connectivity index (χ0n) is 17.1. The first-order valence-corrected chi connectivity index (χ1v) is 10.0. The van der Waals surface area contributed by atoms with Crippen LogP contribution in [0, 0.1) is 5.92 Å². The third-order valence-corrected chi connectivity index (χ3v) is 5.34. The normalized spacial score (nSPS) is 13.9. The maximum atomic E-state index is 13.3. The Labute approximate surface area is 174 Å². The Kier molecular flexibility index (Phi) is 5.35. The van der Waals surface area contributed by atoms with Crippen molar-refractivity contribution in [1.29, 1.82) is 0 Å². The molecule has 1 aromatic heterocycles. The van der Waals surface area contributed by atoms with Gasteiger partial charge in [0.1, 0.15) is 5.69 Å². The number of nitrogens with two attached hydrogens (primary N) is 1. The van der Waals surface area contributed by atoms with E-state index < -0.39 is 0 Å². The number of carbonyl (C=O) groups is 2. The van der Waals surface area contributed by atoms with Crippen LogP contribution in [0.1, 0.15) is 41.0 Å². The smallest absolute Gasteiger partial charge is 0.308 e. The predicted molar refractivity (Wildman–Crippen MR) is 113 cm³/mol. The van der Waals surface area contributed by atoms with Gasteiger partial charge >= 0.3 is 5.97 Å². The summed E-state index contributed by atoms with van der Waals surface area (Å²) in [5, 5.41) is 0.638. The van der Waals surface area contributed by atoms with E-state index in [1.54, 1.807) is 11.8 Å². The quantitative estimate of drug-likeness (QED) is 0.656. The van der Waals surface area contributed by atoms with Crippen molar-refractivity contribution in [2.45, 2.75) is 33.4 Å². The maximum Gasteiger partial charge on any atom is 0.308 e. The van der Waals surface area contributed by atoms with Crippen LogP contribution < -0.4 is 5.73 Å². The van der Waals surface area contributed by atoms with Gasteiger partial charge in [-0.1, -0.05) is 37.3 Å². The van der Waals surface area contributed by atoms with Crippen LogP contribution >= 0.6 is 0 Å². The number of nitrogens with zero attached hydrogens (tertiary/aromatic N) is 3. The van der Waals surface area contributed by atoms with E-state index in [0.717, 1.165) is 16.7 Å². The molecule has 0 aliphatic carbocycles. The van der Waals surface area contributed by atoms with Gasteiger partial charge in [0, 0.05) is 18.5 Å². The molecular formula is C23H24N4O3. The van der Waals surface area contributed by atoms with E-state index in [4.69, 9.17) is 10.5 Å². The molecule has 2 aromatic carbocycles. The van der Waals surface area contributed by atoms with Gasteiger partial charge < -0.3 is 15.4 Å². The monoisotopic (exact) mass is 404 g/mol. The van der Waals surface area contributed by atoms with Crippen molar-refractivity contribution < 1.29 is 14.3 Å². The molecule has 30 heavy (non-hydrogen) atoms. The molecule has 1 unspecified atom stereocenters. The van der Waals surface area contributed by atoms with Gasteiger partial charge in [-0.2, -0.15) is 0 Å². The van der Waals surface area contributed by atoms with Crippen LogP contribution in [0.25, 0.3) is 10.9 Å². The number of fused-ring (bicyclic) bond motifs is 2. The van der Waals surface area contributed by atoms with Gasteiger partial charge in [0.05, 0.1) is 18.0 Å². The summed E-state index contributed by atoms with van der Waals surface area (Å²) in [4.78, 5) is 35.6.